The number of hydroxylamine groups is 1. The van der Waals surface area contributed by atoms with Gasteiger partial charge in [-0.15, -0.1) is 12.4 Å². The van der Waals surface area contributed by atoms with E-state index in [1.807, 2.05) is 23.6 Å². The second-order valence-electron chi connectivity index (χ2n) is 9.29. The van der Waals surface area contributed by atoms with Gasteiger partial charge in [0.2, 0.25) is 17.7 Å². The maximum Gasteiger partial charge on any atom is 0.247 e. The number of hydrogen-bond donors (Lipinski definition) is 1. The number of carbonyl (C=O) groups is 3. The molecule has 2 heterocycles. The Morgan fingerprint density at radius 1 is 1.11 bits per heavy atom. The van der Waals surface area contributed by atoms with Crippen molar-refractivity contribution < 1.29 is 24.0 Å². The molecule has 0 fully saturated rings. The lowest BCUT2D eigenvalue weighted by atomic mass is 10.2. The van der Waals surface area contributed by atoms with Crippen molar-refractivity contribution >= 4 is 92.4 Å². The summed E-state index contributed by atoms with van der Waals surface area (Å²) in [5.41, 5.74) is 3.63. The summed E-state index contributed by atoms with van der Waals surface area (Å²) in [4.78, 5) is 47.8. The number of benzene rings is 2. The number of aryl methyl sites for hydroxylation is 1. The summed E-state index contributed by atoms with van der Waals surface area (Å²) in [6.07, 6.45) is 4.77. The molecule has 10 nitrogen and oxygen atoms in total. The van der Waals surface area contributed by atoms with Crippen LogP contribution in [0.1, 0.15) is 23.7 Å². The van der Waals surface area contributed by atoms with E-state index >= 15 is 0 Å². The maximum absolute atomic E-state index is 12.9. The highest BCUT2D eigenvalue weighted by molar-refractivity contribution is 9.10. The van der Waals surface area contributed by atoms with Gasteiger partial charge in [0, 0.05) is 36.8 Å². The summed E-state index contributed by atoms with van der Waals surface area (Å²) in [5, 5.41) is 4.35. The molecule has 2 aromatic heterocycles. The third-order valence-corrected chi connectivity index (χ3v) is 8.16. The summed E-state index contributed by atoms with van der Waals surface area (Å²) < 4.78 is 8.73. The summed E-state index contributed by atoms with van der Waals surface area (Å²) in [6, 6.07) is 13.7. The molecule has 0 saturated heterocycles. The van der Waals surface area contributed by atoms with Crippen molar-refractivity contribution in [2.45, 2.75) is 20.5 Å². The highest BCUT2D eigenvalue weighted by Crippen LogP contribution is 2.35. The minimum absolute atomic E-state index is 0. The molecule has 0 aliphatic rings. The van der Waals surface area contributed by atoms with Gasteiger partial charge >= 0.3 is 0 Å². The smallest absolute Gasteiger partial charge is 0.247 e. The Morgan fingerprint density at radius 2 is 1.82 bits per heavy atom. The van der Waals surface area contributed by atoms with E-state index in [9.17, 15) is 14.4 Å². The Balaban J connectivity index is 0.00000529. The lowest BCUT2D eigenvalue weighted by Gasteiger charge is -2.21. The number of imidazole rings is 1. The lowest BCUT2D eigenvalue weighted by Crippen LogP contribution is -2.37. The number of rotatable bonds is 10. The quantitative estimate of drug-likeness (QED) is 0.150. The predicted molar refractivity (Wildman–Crippen MR) is 178 cm³/mol. The molecule has 3 amide bonds. The second-order valence-corrected chi connectivity index (χ2v) is 10.8. The molecule has 4 rings (SSSR count). The summed E-state index contributed by atoms with van der Waals surface area (Å²) in [5.74, 6) is -0.581. The molecule has 1 N–H and O–H groups in total. The van der Waals surface area contributed by atoms with Crippen molar-refractivity contribution in [3.63, 3.8) is 0 Å². The van der Waals surface area contributed by atoms with Crippen LogP contribution in [0.15, 0.2) is 65.4 Å². The third kappa shape index (κ3) is 7.91. The number of amides is 3. The van der Waals surface area contributed by atoms with Crippen molar-refractivity contribution in [1.82, 2.24) is 14.7 Å². The summed E-state index contributed by atoms with van der Waals surface area (Å²) >= 11 is 16.7. The van der Waals surface area contributed by atoms with Crippen LogP contribution in [0, 0.1) is 6.92 Å². The van der Waals surface area contributed by atoms with Crippen molar-refractivity contribution in [3.05, 3.63) is 92.3 Å². The Morgan fingerprint density at radius 3 is 2.48 bits per heavy atom. The van der Waals surface area contributed by atoms with Crippen molar-refractivity contribution in [2.24, 2.45) is 0 Å². The minimum Gasteiger partial charge on any atom is -0.485 e. The number of likely N-dealkylation sites (N-methyl/N-ethyl adjacent to an activating group) is 1. The summed E-state index contributed by atoms with van der Waals surface area (Å²) in [6.45, 7) is 3.05. The fourth-order valence-corrected chi connectivity index (χ4v) is 5.13. The largest absolute Gasteiger partial charge is 0.485 e. The first-order valence-electron chi connectivity index (χ1n) is 12.9. The van der Waals surface area contributed by atoms with Crippen LogP contribution < -0.4 is 20.0 Å². The van der Waals surface area contributed by atoms with Crippen molar-refractivity contribution in [1.29, 1.82) is 0 Å². The number of aromatic nitrogens is 2. The van der Waals surface area contributed by atoms with E-state index in [0.29, 0.717) is 33.4 Å². The molecule has 44 heavy (non-hydrogen) atoms. The average Bonchev–Trinajstić information content (AvgIpc) is 3.28. The van der Waals surface area contributed by atoms with Gasteiger partial charge in [-0.25, -0.2) is 4.98 Å². The first kappa shape index (κ1) is 34.9. The number of pyridine rings is 1. The van der Waals surface area contributed by atoms with Crippen LogP contribution in [0.3, 0.4) is 0 Å². The van der Waals surface area contributed by atoms with E-state index in [4.69, 9.17) is 32.8 Å². The lowest BCUT2D eigenvalue weighted by molar-refractivity contribution is -0.122. The molecule has 0 bridgehead atoms. The van der Waals surface area contributed by atoms with Gasteiger partial charge in [0.05, 0.1) is 35.7 Å². The molecule has 0 saturated carbocycles. The van der Waals surface area contributed by atoms with E-state index in [-0.39, 0.29) is 36.5 Å². The number of hydrogen-bond acceptors (Lipinski definition) is 6. The average molecular weight is 726 g/mol. The van der Waals surface area contributed by atoms with Gasteiger partial charge in [0.15, 0.2) is 11.4 Å². The Labute approximate surface area is 279 Å². The van der Waals surface area contributed by atoms with Crippen LogP contribution >= 0.6 is 51.5 Å². The monoisotopic (exact) mass is 723 g/mol. The van der Waals surface area contributed by atoms with E-state index in [0.717, 1.165) is 20.9 Å². The predicted octanol–water partition coefficient (Wildman–Crippen LogP) is 6.42. The van der Waals surface area contributed by atoms with Gasteiger partial charge in [-0.2, -0.15) is 5.06 Å². The zero-order valence-electron chi connectivity index (χ0n) is 24.1. The van der Waals surface area contributed by atoms with Gasteiger partial charge in [-0.1, -0.05) is 35.3 Å². The second kappa shape index (κ2) is 15.4. The van der Waals surface area contributed by atoms with Crippen molar-refractivity contribution in [3.8, 4) is 5.75 Å². The van der Waals surface area contributed by atoms with Crippen LogP contribution in [0.25, 0.3) is 11.7 Å². The summed E-state index contributed by atoms with van der Waals surface area (Å²) in [7, 11) is 2.96. The van der Waals surface area contributed by atoms with Crippen molar-refractivity contribution in [2.75, 3.05) is 30.7 Å². The van der Waals surface area contributed by atoms with Crippen LogP contribution in [-0.4, -0.2) is 47.8 Å². The normalized spacial score (nSPS) is 10.9. The number of fused-ring (bicyclic) bond motifs is 1. The van der Waals surface area contributed by atoms with Crippen LogP contribution in [0.2, 0.25) is 10.0 Å². The maximum atomic E-state index is 12.9. The first-order valence-corrected chi connectivity index (χ1v) is 14.5. The molecule has 2 aromatic carbocycles. The number of halogens is 4. The Kier molecular flexibility index (Phi) is 12.2. The number of ether oxygens (including phenoxy) is 1. The fraction of sp³-hybridized carbons (Fsp3) is 0.200. The molecule has 232 valence electrons. The number of anilines is 2. The van der Waals surface area contributed by atoms with E-state index in [1.54, 1.807) is 55.6 Å². The molecule has 0 aliphatic heterocycles. The molecule has 0 atom stereocenters. The third-order valence-electron chi connectivity index (χ3n) is 6.43. The fourth-order valence-electron chi connectivity index (χ4n) is 4.15. The standard InChI is InChI=1S/C30H28BrCl2N5O5.ClH/c1-18-29(31)37-15-5-6-25(30(37)35-18)43-17-22-23(32)12-13-24(28(22)33)36(3)27(41)16-34-26(40)14-9-20-7-10-21(11-8-20)38(42-4)19(2)39;/h5-15H,16-17H2,1-4H3,(H,34,40);1H. The molecule has 0 aliphatic carbocycles. The van der Waals surface area contributed by atoms with Gasteiger partial charge in [0.25, 0.3) is 0 Å². The number of carbonyl (C=O) groups excluding carboxylic acids is 3. The van der Waals surface area contributed by atoms with E-state index < -0.39 is 11.8 Å². The molecule has 0 unspecified atom stereocenters. The van der Waals surface area contributed by atoms with Gasteiger partial charge < -0.3 is 15.0 Å². The number of nitrogens with zero attached hydrogens (tertiary/aromatic N) is 4. The molecule has 14 heteroatoms. The highest BCUT2D eigenvalue weighted by atomic mass is 79.9. The highest BCUT2D eigenvalue weighted by Gasteiger charge is 2.20. The topological polar surface area (TPSA) is 105 Å². The molecular formula is C30H29BrCl3N5O5. The molecule has 4 aromatic rings. The first-order chi connectivity index (χ1) is 20.5. The SMILES string of the molecule is CON(C(C)=O)c1ccc(C=CC(=O)NCC(=O)N(C)c2ccc(Cl)c(COc3cccn4c(Br)c(C)nc34)c2Cl)cc1.Cl. The Bertz CT molecular complexity index is 1710. The van der Waals surface area contributed by atoms with Crippen LogP contribution in [0.4, 0.5) is 11.4 Å². The molecule has 0 radical (unpaired) electrons. The molecule has 0 spiro atoms. The van der Waals surface area contributed by atoms with E-state index in [2.05, 4.69) is 26.2 Å². The van der Waals surface area contributed by atoms with Crippen LogP contribution in [-0.2, 0) is 25.8 Å². The zero-order valence-corrected chi connectivity index (χ0v) is 28.1. The van der Waals surface area contributed by atoms with Crippen LogP contribution in [0.5, 0.6) is 5.75 Å². The van der Waals surface area contributed by atoms with Gasteiger partial charge in [-0.05, 0) is 70.9 Å². The zero-order chi connectivity index (χ0) is 31.3. The van der Waals surface area contributed by atoms with Gasteiger partial charge in [0.1, 0.15) is 11.2 Å². The number of nitrogens with one attached hydrogen (secondary N) is 1. The minimum atomic E-state index is -0.459. The van der Waals surface area contributed by atoms with Gasteiger partial charge in [-0.3, -0.25) is 23.6 Å². The molecular weight excluding hydrogens is 697 g/mol. The van der Waals surface area contributed by atoms with E-state index in [1.165, 1.54) is 25.0 Å². The Hall–Kier alpha value is -3.61.